The van der Waals surface area contributed by atoms with Gasteiger partial charge < -0.3 is 34.3 Å². The lowest BCUT2D eigenvalue weighted by molar-refractivity contribution is -0.294. The van der Waals surface area contributed by atoms with Crippen molar-refractivity contribution in [1.29, 1.82) is 0 Å². The molecule has 0 saturated carbocycles. The molecule has 1 aliphatic rings. The molecule has 29 heavy (non-hydrogen) atoms. The van der Waals surface area contributed by atoms with E-state index in [1.165, 1.54) is 19.4 Å². The van der Waals surface area contributed by atoms with Crippen LogP contribution in [0.3, 0.4) is 0 Å². The molecular weight excluding hydrogens is 382 g/mol. The number of ether oxygens (including phenoxy) is 4. The molecule has 0 unspecified atom stereocenters. The summed E-state index contributed by atoms with van der Waals surface area (Å²) in [6, 6.07) is 12.6. The highest BCUT2D eigenvalue weighted by atomic mass is 16.7. The minimum atomic E-state index is -1.49. The monoisotopic (exact) mass is 405 g/mol. The molecule has 1 aliphatic heterocycles. The quantitative estimate of drug-likeness (QED) is 0.556. The lowest BCUT2D eigenvalue weighted by atomic mass is 9.99. The van der Waals surface area contributed by atoms with E-state index in [0.717, 1.165) is 5.56 Å². The number of rotatable bonds is 7. The maximum Gasteiger partial charge on any atom is 0.339 e. The third kappa shape index (κ3) is 5.28. The average molecular weight is 405 g/mol. The van der Waals surface area contributed by atoms with Crippen LogP contribution in [0.2, 0.25) is 0 Å². The first-order valence-electron chi connectivity index (χ1n) is 9.02. The number of hydrogen-bond donors (Lipinski definition) is 3. The van der Waals surface area contributed by atoms with Crippen LogP contribution in [0.15, 0.2) is 48.7 Å². The van der Waals surface area contributed by atoms with Crippen molar-refractivity contribution < 1.29 is 39.1 Å². The summed E-state index contributed by atoms with van der Waals surface area (Å²) < 4.78 is 20.9. The second-order valence-corrected chi connectivity index (χ2v) is 6.51. The van der Waals surface area contributed by atoms with Gasteiger partial charge in [0.2, 0.25) is 5.88 Å². The van der Waals surface area contributed by atoms with Crippen LogP contribution in [-0.4, -0.2) is 70.7 Å². The van der Waals surface area contributed by atoms with Gasteiger partial charge in [-0.2, -0.15) is 0 Å². The normalized spacial score (nSPS) is 26.7. The Morgan fingerprint density at radius 3 is 2.48 bits per heavy atom. The zero-order valence-electron chi connectivity index (χ0n) is 15.7. The number of benzene rings is 1. The lowest BCUT2D eigenvalue weighted by Crippen LogP contribution is -2.59. The van der Waals surface area contributed by atoms with E-state index in [0.29, 0.717) is 12.5 Å². The van der Waals surface area contributed by atoms with Crippen LogP contribution in [0.4, 0.5) is 0 Å². The summed E-state index contributed by atoms with van der Waals surface area (Å²) in [5.74, 6) is -0.325. The highest BCUT2D eigenvalue weighted by Crippen LogP contribution is 2.22. The fraction of sp³-hybridized carbons (Fsp3) is 0.400. The largest absolute Gasteiger partial charge is 0.473 e. The van der Waals surface area contributed by atoms with Gasteiger partial charge in [-0.3, -0.25) is 0 Å². The molecule has 0 spiro atoms. The predicted molar refractivity (Wildman–Crippen MR) is 99.0 cm³/mol. The fourth-order valence-electron chi connectivity index (χ4n) is 2.81. The maximum atomic E-state index is 12.2. The fourth-order valence-corrected chi connectivity index (χ4v) is 2.81. The molecule has 1 saturated heterocycles. The van der Waals surface area contributed by atoms with E-state index in [9.17, 15) is 20.1 Å². The summed E-state index contributed by atoms with van der Waals surface area (Å²) in [5.41, 5.74) is 1.18. The van der Waals surface area contributed by atoms with Gasteiger partial charge in [0.1, 0.15) is 37.6 Å². The molecule has 9 nitrogen and oxygen atoms in total. The average Bonchev–Trinajstić information content (AvgIpc) is 2.76. The number of methoxy groups -OCH3 is 1. The molecule has 2 aromatic rings. The predicted octanol–water partition coefficient (Wildman–Crippen LogP) is 0.271. The van der Waals surface area contributed by atoms with Gasteiger partial charge in [-0.15, -0.1) is 0 Å². The number of nitrogens with zero attached hydrogens (tertiary/aromatic N) is 1. The first-order valence-corrected chi connectivity index (χ1v) is 9.02. The molecule has 0 radical (unpaired) electrons. The minimum absolute atomic E-state index is 0.186. The first-order chi connectivity index (χ1) is 14.0. The first kappa shape index (κ1) is 21.2. The van der Waals surface area contributed by atoms with Gasteiger partial charge in [0.05, 0.1) is 5.56 Å². The molecule has 0 aliphatic carbocycles. The molecule has 1 aromatic carbocycles. The smallest absolute Gasteiger partial charge is 0.339 e. The molecular formula is C20H23NO8. The third-order valence-corrected chi connectivity index (χ3v) is 4.48. The Morgan fingerprint density at radius 1 is 1.07 bits per heavy atom. The summed E-state index contributed by atoms with van der Waals surface area (Å²) in [6.45, 7) is 0.0132. The van der Waals surface area contributed by atoms with Crippen molar-refractivity contribution in [2.75, 3.05) is 13.7 Å². The minimum Gasteiger partial charge on any atom is -0.473 e. The Morgan fingerprint density at radius 2 is 1.83 bits per heavy atom. The number of carbonyl (C=O) groups is 1. The highest BCUT2D eigenvalue weighted by Gasteiger charge is 2.44. The molecule has 9 heteroatoms. The number of esters is 1. The molecule has 5 atom stereocenters. The molecule has 1 fully saturated rings. The van der Waals surface area contributed by atoms with Crippen LogP contribution in [0.5, 0.6) is 5.88 Å². The molecule has 1 aromatic heterocycles. The van der Waals surface area contributed by atoms with E-state index < -0.39 is 36.7 Å². The number of carbonyl (C=O) groups excluding carboxylic acids is 1. The van der Waals surface area contributed by atoms with Crippen molar-refractivity contribution in [3.8, 4) is 5.88 Å². The van der Waals surface area contributed by atoms with Crippen LogP contribution >= 0.6 is 0 Å². The van der Waals surface area contributed by atoms with Crippen LogP contribution in [0.25, 0.3) is 0 Å². The van der Waals surface area contributed by atoms with Gasteiger partial charge in [-0.1, -0.05) is 30.3 Å². The van der Waals surface area contributed by atoms with Crippen molar-refractivity contribution in [1.82, 2.24) is 4.98 Å². The number of hydrogen-bond acceptors (Lipinski definition) is 9. The molecule has 2 heterocycles. The second-order valence-electron chi connectivity index (χ2n) is 6.51. The Labute approximate surface area is 167 Å². The Hall–Kier alpha value is -2.56. The molecule has 3 N–H and O–H groups in total. The topological polar surface area (TPSA) is 128 Å². The van der Waals surface area contributed by atoms with Crippen LogP contribution in [0, 0.1) is 0 Å². The maximum absolute atomic E-state index is 12.2. The van der Waals surface area contributed by atoms with Crippen LogP contribution < -0.4 is 4.74 Å². The summed E-state index contributed by atoms with van der Waals surface area (Å²) in [7, 11) is 1.29. The van der Waals surface area contributed by atoms with E-state index in [1.807, 2.05) is 30.3 Å². The summed E-state index contributed by atoms with van der Waals surface area (Å²) in [5, 5.41) is 29.6. The van der Waals surface area contributed by atoms with Crippen molar-refractivity contribution in [2.24, 2.45) is 0 Å². The summed E-state index contributed by atoms with van der Waals surface area (Å²) in [6.07, 6.45) is -5.20. The number of aromatic nitrogens is 1. The van der Waals surface area contributed by atoms with E-state index in [2.05, 4.69) is 4.98 Å². The van der Waals surface area contributed by atoms with Crippen molar-refractivity contribution in [2.45, 2.75) is 37.3 Å². The number of pyridine rings is 1. The molecule has 3 rings (SSSR count). The standard InChI is InChI=1S/C20H23NO8/c1-26-20-18(24)17(23)16(22)14(29-20)11-28-19(25)13-7-8-15(21-9-13)27-10-12-5-3-2-4-6-12/h2-9,14,16-18,20,22-24H,10-11H2,1H3/t14-,16-,17+,18-,20-/m1/s1. The Kier molecular flexibility index (Phi) is 7.13. The third-order valence-electron chi connectivity index (χ3n) is 4.48. The number of aliphatic hydroxyl groups excluding tert-OH is 3. The van der Waals surface area contributed by atoms with Gasteiger partial charge in [-0.05, 0) is 11.6 Å². The zero-order valence-corrected chi connectivity index (χ0v) is 15.7. The van der Waals surface area contributed by atoms with E-state index in [-0.39, 0.29) is 12.2 Å². The van der Waals surface area contributed by atoms with E-state index >= 15 is 0 Å². The Bertz CT molecular complexity index is 783. The summed E-state index contributed by atoms with van der Waals surface area (Å²) >= 11 is 0. The second kappa shape index (κ2) is 9.77. The summed E-state index contributed by atoms with van der Waals surface area (Å²) in [4.78, 5) is 16.3. The zero-order chi connectivity index (χ0) is 20.8. The number of aliphatic hydroxyl groups is 3. The van der Waals surface area contributed by atoms with Gasteiger partial charge in [0.25, 0.3) is 0 Å². The molecule has 156 valence electrons. The molecule has 0 amide bonds. The van der Waals surface area contributed by atoms with Gasteiger partial charge in [0, 0.05) is 19.4 Å². The van der Waals surface area contributed by atoms with E-state index in [4.69, 9.17) is 18.9 Å². The van der Waals surface area contributed by atoms with Crippen LogP contribution in [-0.2, 0) is 20.8 Å². The van der Waals surface area contributed by atoms with Gasteiger partial charge in [0.15, 0.2) is 6.29 Å². The Balaban J connectivity index is 1.51. The van der Waals surface area contributed by atoms with Gasteiger partial charge in [-0.25, -0.2) is 9.78 Å². The van der Waals surface area contributed by atoms with Crippen molar-refractivity contribution in [3.05, 3.63) is 59.8 Å². The van der Waals surface area contributed by atoms with Crippen molar-refractivity contribution >= 4 is 5.97 Å². The SMILES string of the molecule is CO[C@@H]1O[C@H](COC(=O)c2ccc(OCc3ccccc3)nc2)[C@@H](O)[C@H](O)[C@H]1O. The van der Waals surface area contributed by atoms with Gasteiger partial charge >= 0.3 is 5.97 Å². The van der Waals surface area contributed by atoms with E-state index in [1.54, 1.807) is 6.07 Å². The highest BCUT2D eigenvalue weighted by molar-refractivity contribution is 5.89. The molecule has 0 bridgehead atoms. The van der Waals surface area contributed by atoms with Crippen LogP contribution in [0.1, 0.15) is 15.9 Å². The van der Waals surface area contributed by atoms with Crippen molar-refractivity contribution in [3.63, 3.8) is 0 Å². The lowest BCUT2D eigenvalue weighted by Gasteiger charge is -2.39.